The molecule has 150 valence electrons. The van der Waals surface area contributed by atoms with Gasteiger partial charge in [0.2, 0.25) is 11.8 Å². The monoisotopic (exact) mass is 398 g/mol. The van der Waals surface area contributed by atoms with Crippen LogP contribution in [0.25, 0.3) is 0 Å². The molecule has 1 atom stereocenters. The summed E-state index contributed by atoms with van der Waals surface area (Å²) < 4.78 is 0. The fourth-order valence-corrected chi connectivity index (χ4v) is 4.15. The number of amides is 2. The number of benzene rings is 1. The maximum absolute atomic E-state index is 13.3. The number of thiophene rings is 1. The van der Waals surface area contributed by atoms with Crippen LogP contribution in [0.2, 0.25) is 0 Å². The van der Waals surface area contributed by atoms with Crippen LogP contribution in [0.4, 0.5) is 0 Å². The molecule has 1 aliphatic rings. The van der Waals surface area contributed by atoms with E-state index in [2.05, 4.69) is 13.0 Å². The highest BCUT2D eigenvalue weighted by Crippen LogP contribution is 2.29. The summed E-state index contributed by atoms with van der Waals surface area (Å²) in [6, 6.07) is 14.2. The third kappa shape index (κ3) is 5.22. The van der Waals surface area contributed by atoms with Crippen molar-refractivity contribution in [1.29, 1.82) is 0 Å². The first kappa shape index (κ1) is 20.6. The van der Waals surface area contributed by atoms with Crippen molar-refractivity contribution in [2.24, 2.45) is 5.92 Å². The van der Waals surface area contributed by atoms with Gasteiger partial charge in [-0.2, -0.15) is 0 Å². The lowest BCUT2D eigenvalue weighted by atomic mass is 9.84. The zero-order valence-corrected chi connectivity index (χ0v) is 17.7. The van der Waals surface area contributed by atoms with Gasteiger partial charge in [-0.1, -0.05) is 49.7 Å². The Morgan fingerprint density at radius 2 is 1.86 bits per heavy atom. The normalized spacial score (nSPS) is 14.9. The minimum atomic E-state index is 0.0187. The predicted molar refractivity (Wildman–Crippen MR) is 114 cm³/mol. The summed E-state index contributed by atoms with van der Waals surface area (Å²) in [6.07, 6.45) is 3.90. The first-order chi connectivity index (χ1) is 13.6. The minimum absolute atomic E-state index is 0.0187. The number of carbonyl (C=O) groups excluding carboxylic acids is 2. The summed E-state index contributed by atoms with van der Waals surface area (Å²) in [5.41, 5.74) is 1.10. The standard InChI is InChI=1S/C23H30N2O2S/c1-3-18(2)25(23(27)20-11-7-12-20)17-22(26)24(16-21-13-8-14-28-21)15-19-9-5-4-6-10-19/h4-6,8-10,13-14,18,20H,3,7,11-12,15-17H2,1-2H3/t18-/m1/s1. The van der Waals surface area contributed by atoms with E-state index >= 15 is 0 Å². The van der Waals surface area contributed by atoms with Crippen LogP contribution in [0.5, 0.6) is 0 Å². The topological polar surface area (TPSA) is 40.6 Å². The molecule has 3 rings (SSSR count). The van der Waals surface area contributed by atoms with Crippen molar-refractivity contribution in [3.63, 3.8) is 0 Å². The van der Waals surface area contributed by atoms with Gasteiger partial charge in [-0.3, -0.25) is 9.59 Å². The maximum Gasteiger partial charge on any atom is 0.242 e. The van der Waals surface area contributed by atoms with Crippen LogP contribution in [0.3, 0.4) is 0 Å². The molecular weight excluding hydrogens is 368 g/mol. The van der Waals surface area contributed by atoms with Gasteiger partial charge >= 0.3 is 0 Å². The highest BCUT2D eigenvalue weighted by molar-refractivity contribution is 7.09. The lowest BCUT2D eigenvalue weighted by Gasteiger charge is -2.36. The fraction of sp³-hybridized carbons (Fsp3) is 0.478. The van der Waals surface area contributed by atoms with Crippen molar-refractivity contribution in [3.8, 4) is 0 Å². The molecule has 0 radical (unpaired) electrons. The largest absolute Gasteiger partial charge is 0.332 e. The summed E-state index contributed by atoms with van der Waals surface area (Å²) >= 11 is 1.66. The molecule has 2 amide bonds. The van der Waals surface area contributed by atoms with Crippen molar-refractivity contribution in [1.82, 2.24) is 9.80 Å². The quantitative estimate of drug-likeness (QED) is 0.614. The molecule has 2 aromatic rings. The predicted octanol–water partition coefficient (Wildman–Crippen LogP) is 4.70. The zero-order chi connectivity index (χ0) is 19.9. The Hall–Kier alpha value is -2.14. The third-order valence-corrected chi connectivity index (χ3v) is 6.52. The second kappa shape index (κ2) is 9.87. The second-order valence-corrected chi connectivity index (χ2v) is 8.70. The molecule has 1 aromatic heterocycles. The van der Waals surface area contributed by atoms with Crippen LogP contribution < -0.4 is 0 Å². The van der Waals surface area contributed by atoms with E-state index in [1.54, 1.807) is 11.3 Å². The number of hydrogen-bond acceptors (Lipinski definition) is 3. The van der Waals surface area contributed by atoms with Crippen molar-refractivity contribution in [2.75, 3.05) is 6.54 Å². The summed E-state index contributed by atoms with van der Waals surface area (Å²) in [6.45, 7) is 5.43. The smallest absolute Gasteiger partial charge is 0.242 e. The Labute approximate surface area is 172 Å². The van der Waals surface area contributed by atoms with Crippen molar-refractivity contribution < 1.29 is 9.59 Å². The summed E-state index contributed by atoms with van der Waals surface area (Å²) in [5.74, 6) is 0.289. The first-order valence-electron chi connectivity index (χ1n) is 10.2. The Kier molecular flexibility index (Phi) is 7.26. The lowest BCUT2D eigenvalue weighted by Crippen LogP contribution is -2.49. The number of carbonyl (C=O) groups is 2. The van der Waals surface area contributed by atoms with Crippen molar-refractivity contribution in [2.45, 2.75) is 58.7 Å². The Bertz CT molecular complexity index is 756. The highest BCUT2D eigenvalue weighted by Gasteiger charge is 2.33. The molecule has 1 aromatic carbocycles. The van der Waals surface area contributed by atoms with Gasteiger partial charge in [0.25, 0.3) is 0 Å². The third-order valence-electron chi connectivity index (χ3n) is 5.66. The molecule has 1 heterocycles. The van der Waals surface area contributed by atoms with Crippen LogP contribution in [-0.2, 0) is 22.7 Å². The Balaban J connectivity index is 1.74. The molecule has 4 nitrogen and oxygen atoms in total. The minimum Gasteiger partial charge on any atom is -0.332 e. The molecule has 0 bridgehead atoms. The number of rotatable bonds is 9. The van der Waals surface area contributed by atoms with Crippen LogP contribution in [-0.4, -0.2) is 34.2 Å². The van der Waals surface area contributed by atoms with Gasteiger partial charge in [0, 0.05) is 23.4 Å². The van der Waals surface area contributed by atoms with Gasteiger partial charge in [-0.25, -0.2) is 0 Å². The molecular formula is C23H30N2O2S. The van der Waals surface area contributed by atoms with E-state index in [1.807, 2.05) is 58.5 Å². The van der Waals surface area contributed by atoms with E-state index in [-0.39, 0.29) is 30.3 Å². The lowest BCUT2D eigenvalue weighted by molar-refractivity contribution is -0.147. The van der Waals surface area contributed by atoms with Gasteiger partial charge in [-0.15, -0.1) is 11.3 Å². The van der Waals surface area contributed by atoms with E-state index in [4.69, 9.17) is 0 Å². The van der Waals surface area contributed by atoms with E-state index in [1.165, 1.54) is 0 Å². The summed E-state index contributed by atoms with van der Waals surface area (Å²) in [7, 11) is 0. The maximum atomic E-state index is 13.3. The molecule has 0 saturated heterocycles. The van der Waals surface area contributed by atoms with E-state index in [0.717, 1.165) is 36.1 Å². The number of nitrogens with zero attached hydrogens (tertiary/aromatic N) is 2. The van der Waals surface area contributed by atoms with Crippen LogP contribution in [0.15, 0.2) is 47.8 Å². The van der Waals surface area contributed by atoms with E-state index < -0.39 is 0 Å². The zero-order valence-electron chi connectivity index (χ0n) is 16.8. The summed E-state index contributed by atoms with van der Waals surface area (Å²) in [5, 5.41) is 2.03. The molecule has 5 heteroatoms. The van der Waals surface area contributed by atoms with Crippen LogP contribution in [0.1, 0.15) is 50.0 Å². The van der Waals surface area contributed by atoms with Gasteiger partial charge < -0.3 is 9.80 Å². The second-order valence-electron chi connectivity index (χ2n) is 7.67. The average molecular weight is 399 g/mol. The average Bonchev–Trinajstić information content (AvgIpc) is 3.17. The molecule has 1 aliphatic carbocycles. The molecule has 0 unspecified atom stereocenters. The van der Waals surface area contributed by atoms with E-state index in [9.17, 15) is 9.59 Å². The first-order valence-corrected chi connectivity index (χ1v) is 11.1. The SMILES string of the molecule is CC[C@@H](C)N(CC(=O)N(Cc1ccccc1)Cc1cccs1)C(=O)C1CCC1. The highest BCUT2D eigenvalue weighted by atomic mass is 32.1. The molecule has 28 heavy (non-hydrogen) atoms. The van der Waals surface area contributed by atoms with Gasteiger partial charge in [0.1, 0.15) is 6.54 Å². The van der Waals surface area contributed by atoms with Crippen LogP contribution >= 0.6 is 11.3 Å². The van der Waals surface area contributed by atoms with Crippen molar-refractivity contribution >= 4 is 23.2 Å². The molecule has 0 spiro atoms. The van der Waals surface area contributed by atoms with Gasteiger partial charge in [-0.05, 0) is 43.2 Å². The Morgan fingerprint density at radius 3 is 2.43 bits per heavy atom. The fourth-order valence-electron chi connectivity index (χ4n) is 3.43. The Morgan fingerprint density at radius 1 is 1.11 bits per heavy atom. The van der Waals surface area contributed by atoms with Crippen molar-refractivity contribution in [3.05, 3.63) is 58.3 Å². The van der Waals surface area contributed by atoms with E-state index in [0.29, 0.717) is 13.1 Å². The van der Waals surface area contributed by atoms with Crippen LogP contribution in [0, 0.1) is 5.92 Å². The molecule has 0 aliphatic heterocycles. The molecule has 1 fully saturated rings. The number of hydrogen-bond donors (Lipinski definition) is 0. The summed E-state index contributed by atoms with van der Waals surface area (Å²) in [4.78, 5) is 31.0. The molecule has 1 saturated carbocycles. The van der Waals surface area contributed by atoms with Gasteiger partial charge in [0.15, 0.2) is 0 Å². The molecule has 0 N–H and O–H groups in total. The van der Waals surface area contributed by atoms with Gasteiger partial charge in [0.05, 0.1) is 6.54 Å².